The Kier molecular flexibility index (Phi) is 2.70. The van der Waals surface area contributed by atoms with Crippen LogP contribution in [0.4, 0.5) is 5.69 Å². The SMILES string of the molecule is Nc1cccc(C2CCNCC2N)c1. The van der Waals surface area contributed by atoms with Crippen LogP contribution in [0.25, 0.3) is 0 Å². The van der Waals surface area contributed by atoms with Crippen LogP contribution in [0.2, 0.25) is 0 Å². The molecule has 1 aromatic rings. The van der Waals surface area contributed by atoms with Crippen LogP contribution < -0.4 is 16.8 Å². The molecule has 2 atom stereocenters. The fourth-order valence-corrected chi connectivity index (χ4v) is 2.09. The predicted octanol–water partition coefficient (Wildman–Crippen LogP) is 0.673. The molecule has 3 nitrogen and oxygen atoms in total. The van der Waals surface area contributed by atoms with E-state index in [1.165, 1.54) is 5.56 Å². The lowest BCUT2D eigenvalue weighted by atomic mass is 9.86. The zero-order valence-corrected chi connectivity index (χ0v) is 8.24. The van der Waals surface area contributed by atoms with E-state index in [0.29, 0.717) is 5.92 Å². The molecule has 0 aliphatic carbocycles. The Labute approximate surface area is 84.5 Å². The molecular formula is C11H17N3. The minimum Gasteiger partial charge on any atom is -0.399 e. The number of anilines is 1. The summed E-state index contributed by atoms with van der Waals surface area (Å²) in [6.07, 6.45) is 1.10. The highest BCUT2D eigenvalue weighted by atomic mass is 14.9. The van der Waals surface area contributed by atoms with Gasteiger partial charge in [0.2, 0.25) is 0 Å². The van der Waals surface area contributed by atoms with Gasteiger partial charge in [0.15, 0.2) is 0 Å². The summed E-state index contributed by atoms with van der Waals surface area (Å²) in [5.41, 5.74) is 13.9. The molecule has 14 heavy (non-hydrogen) atoms. The monoisotopic (exact) mass is 191 g/mol. The molecule has 0 amide bonds. The molecule has 5 N–H and O–H groups in total. The summed E-state index contributed by atoms with van der Waals surface area (Å²) in [6, 6.07) is 8.28. The third kappa shape index (κ3) is 1.89. The number of hydrogen-bond acceptors (Lipinski definition) is 3. The molecule has 2 rings (SSSR count). The first-order valence-electron chi connectivity index (χ1n) is 5.09. The molecule has 1 aromatic carbocycles. The van der Waals surface area contributed by atoms with E-state index in [2.05, 4.69) is 11.4 Å². The summed E-state index contributed by atoms with van der Waals surface area (Å²) in [6.45, 7) is 1.95. The van der Waals surface area contributed by atoms with Gasteiger partial charge in [-0.3, -0.25) is 0 Å². The van der Waals surface area contributed by atoms with Gasteiger partial charge in [-0.15, -0.1) is 0 Å². The van der Waals surface area contributed by atoms with E-state index in [0.717, 1.165) is 25.2 Å². The standard InChI is InChI=1S/C11H17N3/c12-9-3-1-2-8(6-9)10-4-5-14-7-11(10)13/h1-3,6,10-11,14H,4-5,7,12-13H2. The quantitative estimate of drug-likeness (QED) is 0.572. The number of benzene rings is 1. The van der Waals surface area contributed by atoms with E-state index >= 15 is 0 Å². The lowest BCUT2D eigenvalue weighted by molar-refractivity contribution is 0.403. The highest BCUT2D eigenvalue weighted by molar-refractivity contribution is 5.42. The summed E-state index contributed by atoms with van der Waals surface area (Å²) in [7, 11) is 0. The van der Waals surface area contributed by atoms with Crippen LogP contribution in [0.1, 0.15) is 17.9 Å². The van der Waals surface area contributed by atoms with E-state index in [9.17, 15) is 0 Å². The maximum atomic E-state index is 6.06. The molecule has 1 aliphatic rings. The molecule has 1 heterocycles. The summed E-state index contributed by atoms with van der Waals surface area (Å²) in [5, 5.41) is 3.29. The van der Waals surface area contributed by atoms with E-state index < -0.39 is 0 Å². The Balaban J connectivity index is 2.20. The zero-order chi connectivity index (χ0) is 9.97. The second kappa shape index (κ2) is 3.98. The normalized spacial score (nSPS) is 27.5. The van der Waals surface area contributed by atoms with Crippen molar-refractivity contribution >= 4 is 5.69 Å². The number of piperidine rings is 1. The Morgan fingerprint density at radius 3 is 2.93 bits per heavy atom. The van der Waals surface area contributed by atoms with Crippen molar-refractivity contribution in [3.63, 3.8) is 0 Å². The molecule has 0 spiro atoms. The first kappa shape index (κ1) is 9.49. The summed E-state index contributed by atoms with van der Waals surface area (Å²) in [5.74, 6) is 0.458. The largest absolute Gasteiger partial charge is 0.399 e. The molecule has 1 saturated heterocycles. The molecule has 1 fully saturated rings. The van der Waals surface area contributed by atoms with Crippen molar-refractivity contribution in [2.24, 2.45) is 5.73 Å². The van der Waals surface area contributed by atoms with E-state index in [4.69, 9.17) is 11.5 Å². The molecule has 0 aromatic heterocycles. The van der Waals surface area contributed by atoms with Crippen molar-refractivity contribution < 1.29 is 0 Å². The van der Waals surface area contributed by atoms with Crippen molar-refractivity contribution in [3.05, 3.63) is 29.8 Å². The van der Waals surface area contributed by atoms with E-state index in [-0.39, 0.29) is 6.04 Å². The topological polar surface area (TPSA) is 64.1 Å². The third-order valence-electron chi connectivity index (χ3n) is 2.87. The van der Waals surface area contributed by atoms with Crippen LogP contribution in [0, 0.1) is 0 Å². The van der Waals surface area contributed by atoms with Crippen LogP contribution in [-0.2, 0) is 0 Å². The van der Waals surface area contributed by atoms with Gasteiger partial charge in [0.05, 0.1) is 0 Å². The molecule has 1 aliphatic heterocycles. The van der Waals surface area contributed by atoms with Crippen molar-refractivity contribution in [2.75, 3.05) is 18.8 Å². The van der Waals surface area contributed by atoms with Crippen molar-refractivity contribution in [1.29, 1.82) is 0 Å². The van der Waals surface area contributed by atoms with Crippen LogP contribution in [-0.4, -0.2) is 19.1 Å². The maximum absolute atomic E-state index is 6.06. The van der Waals surface area contributed by atoms with Crippen molar-refractivity contribution in [1.82, 2.24) is 5.32 Å². The molecule has 0 bridgehead atoms. The molecule has 3 heteroatoms. The molecule has 76 valence electrons. The second-order valence-electron chi connectivity index (χ2n) is 3.93. The summed E-state index contributed by atoms with van der Waals surface area (Å²) in [4.78, 5) is 0. The van der Waals surface area contributed by atoms with Gasteiger partial charge in [-0.1, -0.05) is 12.1 Å². The van der Waals surface area contributed by atoms with Gasteiger partial charge >= 0.3 is 0 Å². The minimum atomic E-state index is 0.213. The number of rotatable bonds is 1. The fraction of sp³-hybridized carbons (Fsp3) is 0.455. The van der Waals surface area contributed by atoms with Crippen LogP contribution in [0.3, 0.4) is 0 Å². The number of hydrogen-bond donors (Lipinski definition) is 3. The lowest BCUT2D eigenvalue weighted by Gasteiger charge is -2.29. The average Bonchev–Trinajstić information content (AvgIpc) is 2.18. The summed E-state index contributed by atoms with van der Waals surface area (Å²) >= 11 is 0. The van der Waals surface area contributed by atoms with Gasteiger partial charge < -0.3 is 16.8 Å². The minimum absolute atomic E-state index is 0.213. The van der Waals surface area contributed by atoms with Crippen LogP contribution in [0.15, 0.2) is 24.3 Å². The molecular weight excluding hydrogens is 174 g/mol. The Bertz CT molecular complexity index is 311. The van der Waals surface area contributed by atoms with Crippen LogP contribution >= 0.6 is 0 Å². The average molecular weight is 191 g/mol. The molecule has 0 saturated carbocycles. The predicted molar refractivity (Wildman–Crippen MR) is 59.1 cm³/mol. The van der Waals surface area contributed by atoms with E-state index in [1.54, 1.807) is 0 Å². The number of nitrogens with two attached hydrogens (primary N) is 2. The maximum Gasteiger partial charge on any atom is 0.0316 e. The highest BCUT2D eigenvalue weighted by Gasteiger charge is 2.22. The first-order valence-corrected chi connectivity index (χ1v) is 5.09. The second-order valence-corrected chi connectivity index (χ2v) is 3.93. The number of nitrogens with one attached hydrogen (secondary N) is 1. The third-order valence-corrected chi connectivity index (χ3v) is 2.87. The fourth-order valence-electron chi connectivity index (χ4n) is 2.09. The molecule has 2 unspecified atom stereocenters. The van der Waals surface area contributed by atoms with Gasteiger partial charge in [-0.05, 0) is 30.7 Å². The Morgan fingerprint density at radius 1 is 1.36 bits per heavy atom. The Morgan fingerprint density at radius 2 is 2.21 bits per heavy atom. The zero-order valence-electron chi connectivity index (χ0n) is 8.24. The van der Waals surface area contributed by atoms with Gasteiger partial charge in [0.25, 0.3) is 0 Å². The van der Waals surface area contributed by atoms with E-state index in [1.807, 2.05) is 18.2 Å². The van der Waals surface area contributed by atoms with Crippen molar-refractivity contribution in [3.8, 4) is 0 Å². The molecule has 0 radical (unpaired) electrons. The summed E-state index contributed by atoms with van der Waals surface area (Å²) < 4.78 is 0. The first-order chi connectivity index (χ1) is 6.77. The van der Waals surface area contributed by atoms with Crippen LogP contribution in [0.5, 0.6) is 0 Å². The highest BCUT2D eigenvalue weighted by Crippen LogP contribution is 2.25. The van der Waals surface area contributed by atoms with Gasteiger partial charge in [-0.25, -0.2) is 0 Å². The van der Waals surface area contributed by atoms with Gasteiger partial charge in [0, 0.05) is 24.2 Å². The van der Waals surface area contributed by atoms with Gasteiger partial charge in [-0.2, -0.15) is 0 Å². The van der Waals surface area contributed by atoms with Crippen molar-refractivity contribution in [2.45, 2.75) is 18.4 Å². The smallest absolute Gasteiger partial charge is 0.0316 e. The number of nitrogen functional groups attached to an aromatic ring is 1. The Hall–Kier alpha value is -1.06. The lowest BCUT2D eigenvalue weighted by Crippen LogP contribution is -2.44. The van der Waals surface area contributed by atoms with Gasteiger partial charge in [0.1, 0.15) is 0 Å².